The van der Waals surface area contributed by atoms with E-state index in [2.05, 4.69) is 10.1 Å². The van der Waals surface area contributed by atoms with Gasteiger partial charge in [-0.05, 0) is 31.9 Å². The van der Waals surface area contributed by atoms with Gasteiger partial charge in [0.2, 0.25) is 0 Å². The maximum absolute atomic E-state index is 13.7. The van der Waals surface area contributed by atoms with Crippen LogP contribution in [0.4, 0.5) is 4.39 Å². The molecule has 1 saturated carbocycles. The molecule has 1 aliphatic carbocycles. The second-order valence-electron chi connectivity index (χ2n) is 4.12. The summed E-state index contributed by atoms with van der Waals surface area (Å²) >= 11 is 0. The first-order chi connectivity index (χ1) is 7.77. The molecule has 2 aromatic rings. The molecule has 0 spiro atoms. The van der Waals surface area contributed by atoms with Gasteiger partial charge < -0.3 is 4.52 Å². The van der Waals surface area contributed by atoms with Crippen molar-refractivity contribution in [2.24, 2.45) is 0 Å². The summed E-state index contributed by atoms with van der Waals surface area (Å²) < 4.78 is 18.9. The molecule has 2 aromatic heterocycles. The van der Waals surface area contributed by atoms with Crippen molar-refractivity contribution in [3.63, 3.8) is 0 Å². The van der Waals surface area contributed by atoms with E-state index < -0.39 is 0 Å². The molecule has 82 valence electrons. The second kappa shape index (κ2) is 3.40. The van der Waals surface area contributed by atoms with Crippen LogP contribution in [0.5, 0.6) is 0 Å². The number of aromatic nitrogens is 2. The van der Waals surface area contributed by atoms with Crippen LogP contribution in [0, 0.1) is 12.7 Å². The molecular formula is C12H11FN2O. The quantitative estimate of drug-likeness (QED) is 0.777. The number of hydrogen-bond acceptors (Lipinski definition) is 3. The van der Waals surface area contributed by atoms with Crippen LogP contribution >= 0.6 is 0 Å². The van der Waals surface area contributed by atoms with E-state index >= 15 is 0 Å². The number of halogens is 1. The standard InChI is InChI=1S/C12H11FN2O/c1-7-10(11-9(13)3-2-6-14-11)12(16-15-7)8-4-5-8/h2-3,6,8H,4-5H2,1H3. The zero-order valence-corrected chi connectivity index (χ0v) is 8.90. The fourth-order valence-corrected chi connectivity index (χ4v) is 1.87. The van der Waals surface area contributed by atoms with Crippen molar-refractivity contribution in [2.75, 3.05) is 0 Å². The third kappa shape index (κ3) is 1.41. The van der Waals surface area contributed by atoms with Crippen molar-refractivity contribution in [1.29, 1.82) is 0 Å². The Labute approximate surface area is 92.3 Å². The summed E-state index contributed by atoms with van der Waals surface area (Å²) in [5, 5.41) is 3.91. The van der Waals surface area contributed by atoms with Crippen LogP contribution in [0.25, 0.3) is 11.3 Å². The highest BCUT2D eigenvalue weighted by Gasteiger charge is 2.33. The molecule has 0 aliphatic heterocycles. The van der Waals surface area contributed by atoms with Gasteiger partial charge in [0.25, 0.3) is 0 Å². The maximum atomic E-state index is 13.7. The van der Waals surface area contributed by atoms with Crippen molar-refractivity contribution in [1.82, 2.24) is 10.1 Å². The zero-order valence-electron chi connectivity index (χ0n) is 8.90. The number of aryl methyl sites for hydroxylation is 1. The average Bonchev–Trinajstić information content (AvgIpc) is 3.04. The highest BCUT2D eigenvalue weighted by molar-refractivity contribution is 5.65. The van der Waals surface area contributed by atoms with Gasteiger partial charge in [0.15, 0.2) is 0 Å². The van der Waals surface area contributed by atoms with E-state index in [0.717, 1.165) is 24.2 Å². The predicted molar refractivity (Wildman–Crippen MR) is 56.4 cm³/mol. The fraction of sp³-hybridized carbons (Fsp3) is 0.333. The van der Waals surface area contributed by atoms with Gasteiger partial charge in [0, 0.05) is 12.1 Å². The first kappa shape index (κ1) is 9.51. The smallest absolute Gasteiger partial charge is 0.149 e. The van der Waals surface area contributed by atoms with Crippen LogP contribution < -0.4 is 0 Å². The SMILES string of the molecule is Cc1noc(C2CC2)c1-c1ncccc1F. The molecule has 3 rings (SSSR count). The summed E-state index contributed by atoms with van der Waals surface area (Å²) in [6, 6.07) is 2.99. The Balaban J connectivity index is 2.18. The van der Waals surface area contributed by atoms with Gasteiger partial charge in [-0.2, -0.15) is 0 Å². The average molecular weight is 218 g/mol. The van der Waals surface area contributed by atoms with E-state index in [1.807, 2.05) is 6.92 Å². The van der Waals surface area contributed by atoms with Crippen molar-refractivity contribution in [2.45, 2.75) is 25.7 Å². The van der Waals surface area contributed by atoms with E-state index in [-0.39, 0.29) is 5.82 Å². The summed E-state index contributed by atoms with van der Waals surface area (Å²) in [4.78, 5) is 4.08. The molecule has 0 atom stereocenters. The van der Waals surface area contributed by atoms with Crippen molar-refractivity contribution >= 4 is 0 Å². The molecule has 1 fully saturated rings. The lowest BCUT2D eigenvalue weighted by atomic mass is 10.1. The van der Waals surface area contributed by atoms with Gasteiger partial charge in [-0.1, -0.05) is 5.16 Å². The molecule has 0 amide bonds. The largest absolute Gasteiger partial charge is 0.360 e. The number of pyridine rings is 1. The Hall–Kier alpha value is -1.71. The number of nitrogens with zero attached hydrogens (tertiary/aromatic N) is 2. The van der Waals surface area contributed by atoms with Gasteiger partial charge in [-0.25, -0.2) is 4.39 Å². The molecule has 0 bridgehead atoms. The fourth-order valence-electron chi connectivity index (χ4n) is 1.87. The lowest BCUT2D eigenvalue weighted by molar-refractivity contribution is 0.381. The minimum absolute atomic E-state index is 0.323. The number of rotatable bonds is 2. The lowest BCUT2D eigenvalue weighted by Gasteiger charge is -2.01. The van der Waals surface area contributed by atoms with Crippen molar-refractivity contribution in [3.05, 3.63) is 35.6 Å². The first-order valence-corrected chi connectivity index (χ1v) is 5.34. The van der Waals surface area contributed by atoms with Gasteiger partial charge >= 0.3 is 0 Å². The van der Waals surface area contributed by atoms with Crippen LogP contribution in [0.3, 0.4) is 0 Å². The Bertz CT molecular complexity index is 532. The molecule has 3 nitrogen and oxygen atoms in total. The lowest BCUT2D eigenvalue weighted by Crippen LogP contribution is -1.92. The monoisotopic (exact) mass is 218 g/mol. The predicted octanol–water partition coefficient (Wildman–Crippen LogP) is 3.06. The number of hydrogen-bond donors (Lipinski definition) is 0. The second-order valence-corrected chi connectivity index (χ2v) is 4.12. The summed E-state index contributed by atoms with van der Waals surface area (Å²) in [6.45, 7) is 1.82. The molecule has 0 N–H and O–H groups in total. The molecule has 4 heteroatoms. The van der Waals surface area contributed by atoms with Gasteiger partial charge in [-0.15, -0.1) is 0 Å². The molecular weight excluding hydrogens is 207 g/mol. The zero-order chi connectivity index (χ0) is 11.1. The molecule has 0 unspecified atom stereocenters. The Morgan fingerprint density at radius 1 is 1.44 bits per heavy atom. The molecule has 0 radical (unpaired) electrons. The van der Waals surface area contributed by atoms with Gasteiger partial charge in [0.1, 0.15) is 17.3 Å². The van der Waals surface area contributed by atoms with Crippen molar-refractivity contribution < 1.29 is 8.91 Å². The van der Waals surface area contributed by atoms with Gasteiger partial charge in [-0.3, -0.25) is 4.98 Å². The first-order valence-electron chi connectivity index (χ1n) is 5.34. The van der Waals surface area contributed by atoms with Crippen LogP contribution in [0.2, 0.25) is 0 Å². The summed E-state index contributed by atoms with van der Waals surface area (Å²) in [5.41, 5.74) is 1.79. The molecule has 16 heavy (non-hydrogen) atoms. The van der Waals surface area contributed by atoms with Crippen LogP contribution in [-0.2, 0) is 0 Å². The molecule has 1 aliphatic rings. The molecule has 2 heterocycles. The van der Waals surface area contributed by atoms with Crippen molar-refractivity contribution in [3.8, 4) is 11.3 Å². The van der Waals surface area contributed by atoms with E-state index in [9.17, 15) is 4.39 Å². The molecule has 0 saturated heterocycles. The Morgan fingerprint density at radius 3 is 2.94 bits per heavy atom. The van der Waals surface area contributed by atoms with Crippen LogP contribution in [0.15, 0.2) is 22.9 Å². The van der Waals surface area contributed by atoms with E-state index in [1.165, 1.54) is 6.07 Å². The summed E-state index contributed by atoms with van der Waals surface area (Å²) in [6.07, 6.45) is 3.77. The summed E-state index contributed by atoms with van der Waals surface area (Å²) in [5.74, 6) is 0.864. The van der Waals surface area contributed by atoms with Crippen LogP contribution in [-0.4, -0.2) is 10.1 Å². The Morgan fingerprint density at radius 2 is 2.25 bits per heavy atom. The third-order valence-corrected chi connectivity index (χ3v) is 2.83. The topological polar surface area (TPSA) is 38.9 Å². The van der Waals surface area contributed by atoms with Crippen LogP contribution in [0.1, 0.15) is 30.2 Å². The molecule has 0 aromatic carbocycles. The van der Waals surface area contributed by atoms with Gasteiger partial charge in [0.05, 0.1) is 11.3 Å². The Kier molecular flexibility index (Phi) is 2.02. The van der Waals surface area contributed by atoms with E-state index in [0.29, 0.717) is 17.3 Å². The summed E-state index contributed by atoms with van der Waals surface area (Å²) in [7, 11) is 0. The third-order valence-electron chi connectivity index (χ3n) is 2.83. The maximum Gasteiger partial charge on any atom is 0.149 e. The highest BCUT2D eigenvalue weighted by atomic mass is 19.1. The highest BCUT2D eigenvalue weighted by Crippen LogP contribution is 2.45. The minimum atomic E-state index is -0.323. The normalized spacial score (nSPS) is 15.4. The van der Waals surface area contributed by atoms with E-state index in [4.69, 9.17) is 4.52 Å². The van der Waals surface area contributed by atoms with E-state index in [1.54, 1.807) is 12.3 Å². The minimum Gasteiger partial charge on any atom is -0.360 e.